The first-order valence-corrected chi connectivity index (χ1v) is 6.70. The molecule has 1 N–H and O–H groups in total. The third-order valence-corrected chi connectivity index (χ3v) is 2.68. The summed E-state index contributed by atoms with van der Waals surface area (Å²) in [7, 11) is 1.40. The predicted molar refractivity (Wildman–Crippen MR) is 73.9 cm³/mol. The molecule has 0 amide bonds. The van der Waals surface area contributed by atoms with E-state index in [0.29, 0.717) is 16.6 Å². The van der Waals surface area contributed by atoms with Gasteiger partial charge in [-0.25, -0.2) is 13.8 Å². The van der Waals surface area contributed by atoms with Crippen LogP contribution in [0.4, 0.5) is 14.5 Å². The summed E-state index contributed by atoms with van der Waals surface area (Å²) in [5, 5.41) is 11.4. The number of benzene rings is 1. The topological polar surface area (TPSA) is 66.6 Å². The van der Waals surface area contributed by atoms with E-state index in [1.54, 1.807) is 18.5 Å². The zero-order chi connectivity index (χ0) is 15.0. The Labute approximate surface area is 119 Å². The van der Waals surface area contributed by atoms with Crippen LogP contribution in [0.3, 0.4) is 0 Å². The van der Waals surface area contributed by atoms with Crippen LogP contribution in [0.15, 0.2) is 23.2 Å². The second-order valence-corrected chi connectivity index (χ2v) is 4.19. The summed E-state index contributed by atoms with van der Waals surface area (Å²) in [6, 6.07) is 4.61. The predicted octanol–water partition coefficient (Wildman–Crippen LogP) is 2.76. The van der Waals surface area contributed by atoms with Crippen LogP contribution in [-0.2, 0) is 0 Å². The Bertz CT molecular complexity index is 518. The van der Waals surface area contributed by atoms with Gasteiger partial charge in [-0.3, -0.25) is 5.32 Å². The fraction of sp³-hybridized carbons (Fsp3) is 0.333. The molecule has 1 aromatic rings. The Kier molecular flexibility index (Phi) is 6.59. The fourth-order valence-electron chi connectivity index (χ4n) is 1.29. The Morgan fingerprint density at radius 1 is 1.50 bits per heavy atom. The molecule has 5 nitrogen and oxygen atoms in total. The normalized spacial score (nSPS) is 11.1. The molecule has 0 saturated heterocycles. The first kappa shape index (κ1) is 16.0. The molecule has 108 valence electrons. The molecule has 1 rings (SSSR count). The second kappa shape index (κ2) is 8.22. The van der Waals surface area contributed by atoms with E-state index in [0.717, 1.165) is 0 Å². The number of nitriles is 1. The van der Waals surface area contributed by atoms with Crippen LogP contribution in [0.5, 0.6) is 11.5 Å². The lowest BCUT2D eigenvalue weighted by Gasteiger charge is -2.11. The van der Waals surface area contributed by atoms with Gasteiger partial charge in [0.2, 0.25) is 0 Å². The number of amidine groups is 1. The number of ether oxygens (including phenoxy) is 2. The summed E-state index contributed by atoms with van der Waals surface area (Å²) in [5.74, 6) is 0.509. The summed E-state index contributed by atoms with van der Waals surface area (Å²) in [4.78, 5) is 4.17. The van der Waals surface area contributed by atoms with E-state index in [-0.39, 0.29) is 5.75 Å². The van der Waals surface area contributed by atoms with Crippen molar-refractivity contribution in [1.29, 1.82) is 5.26 Å². The highest BCUT2D eigenvalue weighted by molar-refractivity contribution is 8.13. The molecule has 0 bridgehead atoms. The number of halogens is 2. The molecule has 0 heterocycles. The van der Waals surface area contributed by atoms with Crippen molar-refractivity contribution >= 4 is 22.6 Å². The van der Waals surface area contributed by atoms with E-state index in [1.807, 2.05) is 0 Å². The lowest BCUT2D eigenvalue weighted by atomic mass is 10.3. The standard InChI is InChI=1S/C12H13F2N3O2S/c1-18-10-5-8(17-12(20-2)16-7-15)3-4-9(10)19-6-11(13)14/h3-5,11H,6H2,1-2H3,(H,16,17). The molecule has 0 atom stereocenters. The van der Waals surface area contributed by atoms with Gasteiger partial charge in [0.15, 0.2) is 22.9 Å². The summed E-state index contributed by atoms with van der Waals surface area (Å²) in [6.07, 6.45) is 0.980. The van der Waals surface area contributed by atoms with E-state index in [2.05, 4.69) is 10.3 Å². The van der Waals surface area contributed by atoms with Gasteiger partial charge in [-0.2, -0.15) is 5.26 Å². The molecule has 0 unspecified atom stereocenters. The van der Waals surface area contributed by atoms with Crippen LogP contribution in [0.1, 0.15) is 0 Å². The Hall–Kier alpha value is -2.01. The van der Waals surface area contributed by atoms with Crippen molar-refractivity contribution in [3.8, 4) is 17.7 Å². The van der Waals surface area contributed by atoms with Gasteiger partial charge in [0.1, 0.15) is 6.61 Å². The van der Waals surface area contributed by atoms with E-state index in [1.165, 1.54) is 31.0 Å². The maximum absolute atomic E-state index is 12.1. The molecule has 0 fully saturated rings. The lowest BCUT2D eigenvalue weighted by Crippen LogP contribution is -2.12. The third-order valence-electron chi connectivity index (χ3n) is 2.10. The van der Waals surface area contributed by atoms with Crippen molar-refractivity contribution in [3.05, 3.63) is 18.2 Å². The maximum Gasteiger partial charge on any atom is 0.272 e. The minimum absolute atomic E-state index is 0.214. The number of rotatable bonds is 5. The fourth-order valence-corrected chi connectivity index (χ4v) is 1.63. The van der Waals surface area contributed by atoms with Crippen molar-refractivity contribution in [2.24, 2.45) is 4.99 Å². The van der Waals surface area contributed by atoms with Crippen molar-refractivity contribution < 1.29 is 18.3 Å². The summed E-state index contributed by atoms with van der Waals surface area (Å²) in [6.45, 7) is -0.703. The minimum Gasteiger partial charge on any atom is -0.493 e. The zero-order valence-electron chi connectivity index (χ0n) is 10.9. The Balaban J connectivity index is 2.94. The number of alkyl halides is 2. The largest absolute Gasteiger partial charge is 0.493 e. The van der Waals surface area contributed by atoms with Gasteiger partial charge < -0.3 is 9.47 Å². The average molecular weight is 301 g/mol. The molecule has 20 heavy (non-hydrogen) atoms. The van der Waals surface area contributed by atoms with Crippen molar-refractivity contribution in [3.63, 3.8) is 0 Å². The molecule has 0 aliphatic rings. The van der Waals surface area contributed by atoms with Crippen molar-refractivity contribution in [2.45, 2.75) is 6.43 Å². The van der Waals surface area contributed by atoms with Gasteiger partial charge in [-0.1, -0.05) is 11.8 Å². The Morgan fingerprint density at radius 2 is 2.25 bits per heavy atom. The van der Waals surface area contributed by atoms with Crippen LogP contribution in [-0.4, -0.2) is 31.6 Å². The van der Waals surface area contributed by atoms with Crippen LogP contribution in [0.25, 0.3) is 0 Å². The number of nitrogens with zero attached hydrogens (tertiary/aromatic N) is 2. The van der Waals surface area contributed by atoms with Gasteiger partial charge >= 0.3 is 0 Å². The number of nitrogens with one attached hydrogen (secondary N) is 1. The van der Waals surface area contributed by atoms with E-state index < -0.39 is 13.0 Å². The van der Waals surface area contributed by atoms with Gasteiger partial charge in [-0.15, -0.1) is 0 Å². The maximum atomic E-state index is 12.1. The monoisotopic (exact) mass is 301 g/mol. The molecular formula is C12H13F2N3O2S. The second-order valence-electron chi connectivity index (χ2n) is 3.40. The van der Waals surface area contributed by atoms with Crippen LogP contribution < -0.4 is 14.8 Å². The van der Waals surface area contributed by atoms with Crippen LogP contribution in [0.2, 0.25) is 0 Å². The van der Waals surface area contributed by atoms with Crippen molar-refractivity contribution in [2.75, 3.05) is 20.0 Å². The zero-order valence-corrected chi connectivity index (χ0v) is 11.7. The molecule has 0 aromatic heterocycles. The van der Waals surface area contributed by atoms with E-state index in [4.69, 9.17) is 14.7 Å². The van der Waals surface area contributed by atoms with Crippen LogP contribution >= 0.6 is 11.8 Å². The van der Waals surface area contributed by atoms with E-state index in [9.17, 15) is 8.78 Å². The highest BCUT2D eigenvalue weighted by atomic mass is 32.2. The molecule has 1 aromatic carbocycles. The smallest absolute Gasteiger partial charge is 0.272 e. The number of methoxy groups -OCH3 is 1. The first-order valence-electron chi connectivity index (χ1n) is 5.47. The molecule has 0 saturated carbocycles. The lowest BCUT2D eigenvalue weighted by molar-refractivity contribution is 0.0804. The molecule has 0 spiro atoms. The number of thioether (sulfide) groups is 1. The quantitative estimate of drug-likeness (QED) is 0.392. The molecular weight excluding hydrogens is 288 g/mol. The number of aliphatic imine (C=N–C) groups is 1. The SMILES string of the molecule is COc1cc(N=C(NC#N)SC)ccc1OCC(F)F. The first-order chi connectivity index (χ1) is 9.60. The Morgan fingerprint density at radius 3 is 2.80 bits per heavy atom. The average Bonchev–Trinajstić information content (AvgIpc) is 2.45. The highest BCUT2D eigenvalue weighted by Crippen LogP contribution is 2.32. The highest BCUT2D eigenvalue weighted by Gasteiger charge is 2.09. The summed E-state index contributed by atoms with van der Waals surface area (Å²) in [5.41, 5.74) is 0.512. The molecule has 0 radical (unpaired) electrons. The molecule has 0 aliphatic heterocycles. The number of hydrogen-bond donors (Lipinski definition) is 1. The summed E-state index contributed by atoms with van der Waals surface area (Å²) >= 11 is 1.27. The van der Waals surface area contributed by atoms with Gasteiger partial charge in [0.05, 0.1) is 12.8 Å². The summed E-state index contributed by atoms with van der Waals surface area (Å²) < 4.78 is 34.2. The minimum atomic E-state index is -2.56. The molecule has 8 heteroatoms. The third kappa shape index (κ3) is 4.93. The van der Waals surface area contributed by atoms with Crippen LogP contribution in [0, 0.1) is 11.5 Å². The van der Waals surface area contributed by atoms with Gasteiger partial charge in [-0.05, 0) is 18.4 Å². The van der Waals surface area contributed by atoms with Gasteiger partial charge in [0, 0.05) is 6.07 Å². The molecule has 0 aliphatic carbocycles. The van der Waals surface area contributed by atoms with Gasteiger partial charge in [0.25, 0.3) is 6.43 Å². The van der Waals surface area contributed by atoms with Crippen molar-refractivity contribution in [1.82, 2.24) is 5.32 Å². The number of hydrogen-bond acceptors (Lipinski definition) is 5. The van der Waals surface area contributed by atoms with E-state index >= 15 is 0 Å².